The van der Waals surface area contributed by atoms with Gasteiger partial charge in [0.05, 0.1) is 9.90 Å². The van der Waals surface area contributed by atoms with Crippen LogP contribution in [0.2, 0.25) is 4.34 Å². The summed E-state index contributed by atoms with van der Waals surface area (Å²) < 4.78 is 1.55. The lowest BCUT2D eigenvalue weighted by Gasteiger charge is -1.95. The minimum absolute atomic E-state index is 0.403. The van der Waals surface area contributed by atoms with Gasteiger partial charge >= 0.3 is 0 Å². The van der Waals surface area contributed by atoms with Crippen LogP contribution in [0.25, 0.3) is 10.1 Å². The lowest BCUT2D eigenvalue weighted by molar-refractivity contribution is 0.112. The van der Waals surface area contributed by atoms with Gasteiger partial charge in [-0.2, -0.15) is 5.26 Å². The molecule has 1 heterocycles. The zero-order valence-corrected chi connectivity index (χ0v) is 8.52. The number of aldehydes is 1. The molecule has 0 saturated carbocycles. The average Bonchev–Trinajstić information content (AvgIpc) is 2.56. The van der Waals surface area contributed by atoms with Crippen molar-refractivity contribution >= 4 is 39.3 Å². The Labute approximate surface area is 89.3 Å². The van der Waals surface area contributed by atoms with Crippen LogP contribution in [0.5, 0.6) is 0 Å². The van der Waals surface area contributed by atoms with Crippen molar-refractivity contribution in [2.75, 3.05) is 0 Å². The van der Waals surface area contributed by atoms with Crippen molar-refractivity contribution in [2.24, 2.45) is 0 Å². The Morgan fingerprint density at radius 2 is 2.29 bits per heavy atom. The number of nitriles is 1. The van der Waals surface area contributed by atoms with Gasteiger partial charge in [-0.1, -0.05) is 11.6 Å². The molecule has 68 valence electrons. The molecule has 0 saturated heterocycles. The van der Waals surface area contributed by atoms with Gasteiger partial charge in [0.2, 0.25) is 0 Å². The molecule has 0 radical (unpaired) electrons. The summed E-state index contributed by atoms with van der Waals surface area (Å²) in [6.07, 6.45) is 0.684. The van der Waals surface area contributed by atoms with Crippen molar-refractivity contribution < 1.29 is 4.79 Å². The summed E-state index contributed by atoms with van der Waals surface area (Å²) in [6.45, 7) is 0. The van der Waals surface area contributed by atoms with E-state index >= 15 is 0 Å². The molecule has 0 amide bonds. The molecule has 4 heteroatoms. The fourth-order valence-electron chi connectivity index (χ4n) is 1.32. The van der Waals surface area contributed by atoms with Crippen molar-refractivity contribution in [3.63, 3.8) is 0 Å². The molecule has 0 aliphatic rings. The highest BCUT2D eigenvalue weighted by atomic mass is 35.5. The molecule has 0 unspecified atom stereocenters. The van der Waals surface area contributed by atoms with Crippen molar-refractivity contribution in [2.45, 2.75) is 0 Å². The molecule has 2 aromatic rings. The first-order valence-electron chi connectivity index (χ1n) is 3.83. The van der Waals surface area contributed by atoms with Crippen LogP contribution in [0.1, 0.15) is 15.9 Å². The maximum Gasteiger partial charge on any atom is 0.151 e. The zero-order valence-electron chi connectivity index (χ0n) is 6.95. The SMILES string of the molecule is N#Cc1c(C=O)ccc2sc(Cl)cc12. The first-order chi connectivity index (χ1) is 6.76. The number of hydrogen-bond acceptors (Lipinski definition) is 3. The number of thiophene rings is 1. The summed E-state index contributed by atoms with van der Waals surface area (Å²) in [4.78, 5) is 10.7. The molecule has 1 aromatic carbocycles. The smallest absolute Gasteiger partial charge is 0.151 e. The van der Waals surface area contributed by atoms with Crippen LogP contribution in [0, 0.1) is 11.3 Å². The first-order valence-corrected chi connectivity index (χ1v) is 5.03. The monoisotopic (exact) mass is 221 g/mol. The number of carbonyl (C=O) groups excluding carboxylic acids is 1. The number of halogens is 1. The summed E-state index contributed by atoms with van der Waals surface area (Å²) in [6, 6.07) is 7.18. The van der Waals surface area contributed by atoms with E-state index in [1.807, 2.05) is 6.07 Å². The summed E-state index contributed by atoms with van der Waals surface area (Å²) in [7, 11) is 0. The van der Waals surface area contributed by atoms with Crippen LogP contribution in [0.15, 0.2) is 18.2 Å². The topological polar surface area (TPSA) is 40.9 Å². The molecule has 0 fully saturated rings. The van der Waals surface area contributed by atoms with E-state index in [2.05, 4.69) is 0 Å². The average molecular weight is 222 g/mol. The van der Waals surface area contributed by atoms with Crippen molar-refractivity contribution in [3.05, 3.63) is 33.7 Å². The van der Waals surface area contributed by atoms with Gasteiger partial charge in [0.25, 0.3) is 0 Å². The van der Waals surface area contributed by atoms with Gasteiger partial charge in [0.1, 0.15) is 6.07 Å². The second-order valence-electron chi connectivity index (χ2n) is 2.72. The van der Waals surface area contributed by atoms with E-state index in [4.69, 9.17) is 16.9 Å². The maximum absolute atomic E-state index is 10.7. The molecular formula is C10H4ClNOS. The standard InChI is InChI=1S/C10H4ClNOS/c11-10-3-7-8(4-12)6(5-13)1-2-9(7)14-10/h1-3,5H. The van der Waals surface area contributed by atoms with Gasteiger partial charge in [-0.05, 0) is 18.2 Å². The second-order valence-corrected chi connectivity index (χ2v) is 4.44. The van der Waals surface area contributed by atoms with Crippen LogP contribution < -0.4 is 0 Å². The van der Waals surface area contributed by atoms with Crippen LogP contribution in [-0.2, 0) is 0 Å². The highest BCUT2D eigenvalue weighted by Gasteiger charge is 2.09. The van der Waals surface area contributed by atoms with Crippen LogP contribution in [0.4, 0.5) is 0 Å². The number of rotatable bonds is 1. The second kappa shape index (κ2) is 3.41. The lowest BCUT2D eigenvalue weighted by atomic mass is 10.1. The number of fused-ring (bicyclic) bond motifs is 1. The fourth-order valence-corrected chi connectivity index (χ4v) is 2.47. The third-order valence-corrected chi connectivity index (χ3v) is 3.17. The van der Waals surface area contributed by atoms with Crippen molar-refractivity contribution in [1.29, 1.82) is 5.26 Å². The van der Waals surface area contributed by atoms with Gasteiger partial charge in [-0.15, -0.1) is 11.3 Å². The van der Waals surface area contributed by atoms with Gasteiger partial charge in [-0.25, -0.2) is 0 Å². The van der Waals surface area contributed by atoms with E-state index in [-0.39, 0.29) is 0 Å². The quantitative estimate of drug-likeness (QED) is 0.694. The van der Waals surface area contributed by atoms with Crippen molar-refractivity contribution in [1.82, 2.24) is 0 Å². The molecule has 2 rings (SSSR count). The Bertz CT molecular complexity index is 553. The highest BCUT2D eigenvalue weighted by Crippen LogP contribution is 2.32. The van der Waals surface area contributed by atoms with Gasteiger partial charge < -0.3 is 0 Å². The van der Waals surface area contributed by atoms with Crippen LogP contribution in [-0.4, -0.2) is 6.29 Å². The van der Waals surface area contributed by atoms with Gasteiger partial charge in [0.15, 0.2) is 6.29 Å². The highest BCUT2D eigenvalue weighted by molar-refractivity contribution is 7.22. The summed E-state index contributed by atoms with van der Waals surface area (Å²) in [5, 5.41) is 9.67. The first kappa shape index (κ1) is 9.20. The predicted molar refractivity (Wildman–Crippen MR) is 56.9 cm³/mol. The molecule has 0 aliphatic carbocycles. The van der Waals surface area contributed by atoms with Gasteiger partial charge in [-0.3, -0.25) is 4.79 Å². The molecular weight excluding hydrogens is 218 g/mol. The Balaban J connectivity index is 2.91. The number of hydrogen-bond donors (Lipinski definition) is 0. The summed E-state index contributed by atoms with van der Waals surface area (Å²) >= 11 is 7.23. The third-order valence-electron chi connectivity index (χ3n) is 1.94. The third kappa shape index (κ3) is 1.29. The van der Waals surface area contributed by atoms with E-state index in [1.54, 1.807) is 18.2 Å². The molecule has 1 aromatic heterocycles. The number of benzene rings is 1. The van der Waals surface area contributed by atoms with E-state index in [0.29, 0.717) is 21.7 Å². The predicted octanol–water partition coefficient (Wildman–Crippen LogP) is 3.24. The molecule has 14 heavy (non-hydrogen) atoms. The Morgan fingerprint density at radius 3 is 2.93 bits per heavy atom. The fraction of sp³-hybridized carbons (Fsp3) is 0. The van der Waals surface area contributed by atoms with E-state index in [9.17, 15) is 4.79 Å². The largest absolute Gasteiger partial charge is 0.298 e. The molecule has 0 bridgehead atoms. The van der Waals surface area contributed by atoms with Crippen molar-refractivity contribution in [3.8, 4) is 6.07 Å². The van der Waals surface area contributed by atoms with E-state index in [1.165, 1.54) is 11.3 Å². The number of nitrogens with zero attached hydrogens (tertiary/aromatic N) is 1. The Hall–Kier alpha value is -1.37. The van der Waals surface area contributed by atoms with Crippen LogP contribution in [0.3, 0.4) is 0 Å². The lowest BCUT2D eigenvalue weighted by Crippen LogP contribution is -1.86. The number of carbonyl (C=O) groups is 1. The van der Waals surface area contributed by atoms with E-state index < -0.39 is 0 Å². The van der Waals surface area contributed by atoms with Gasteiger partial charge in [0, 0.05) is 15.6 Å². The summed E-state index contributed by atoms with van der Waals surface area (Å²) in [5.41, 5.74) is 0.815. The zero-order chi connectivity index (χ0) is 10.1. The molecule has 0 aliphatic heterocycles. The molecule has 0 spiro atoms. The Kier molecular flexibility index (Phi) is 2.24. The minimum atomic E-state index is 0.403. The minimum Gasteiger partial charge on any atom is -0.298 e. The summed E-state index contributed by atoms with van der Waals surface area (Å²) in [5.74, 6) is 0. The molecule has 0 N–H and O–H groups in total. The van der Waals surface area contributed by atoms with Crippen LogP contribution >= 0.6 is 22.9 Å². The van der Waals surface area contributed by atoms with E-state index in [0.717, 1.165) is 10.1 Å². The normalized spacial score (nSPS) is 10.0. The maximum atomic E-state index is 10.7. The molecule has 0 atom stereocenters. The Morgan fingerprint density at radius 1 is 1.50 bits per heavy atom. The molecule has 2 nitrogen and oxygen atoms in total.